The summed E-state index contributed by atoms with van der Waals surface area (Å²) in [6.45, 7) is 2.66. The number of aliphatic hydroxyl groups excluding tert-OH is 1. The molecular formula is C15H20N4OS. The number of rotatable bonds is 5. The lowest BCUT2D eigenvalue weighted by molar-refractivity contribution is 0.122. The largest absolute Gasteiger partial charge is 0.391 e. The van der Waals surface area contributed by atoms with E-state index in [0.29, 0.717) is 12.3 Å². The zero-order chi connectivity index (χ0) is 14.7. The van der Waals surface area contributed by atoms with Crippen LogP contribution in [0.5, 0.6) is 0 Å². The average molecular weight is 304 g/mol. The maximum Gasteiger partial charge on any atom is 0.190 e. The molecule has 1 aliphatic rings. The van der Waals surface area contributed by atoms with Crippen LogP contribution in [0.1, 0.15) is 11.1 Å². The van der Waals surface area contributed by atoms with Gasteiger partial charge in [0.1, 0.15) is 6.33 Å². The fourth-order valence-electron chi connectivity index (χ4n) is 2.63. The second-order valence-corrected chi connectivity index (χ2v) is 6.43. The van der Waals surface area contributed by atoms with Gasteiger partial charge in [-0.3, -0.25) is 4.90 Å². The molecule has 2 aromatic rings. The zero-order valence-electron chi connectivity index (χ0n) is 12.1. The molecule has 0 fully saturated rings. The van der Waals surface area contributed by atoms with Crippen LogP contribution in [0.3, 0.4) is 0 Å². The topological polar surface area (TPSA) is 54.2 Å². The quantitative estimate of drug-likeness (QED) is 0.845. The van der Waals surface area contributed by atoms with Gasteiger partial charge in [0.25, 0.3) is 0 Å². The second kappa shape index (κ2) is 6.60. The molecule has 1 atom stereocenters. The number of aromatic nitrogens is 3. The maximum atomic E-state index is 10.2. The molecule has 2 heterocycles. The van der Waals surface area contributed by atoms with Gasteiger partial charge in [0.05, 0.1) is 6.10 Å². The zero-order valence-corrected chi connectivity index (χ0v) is 13.0. The Morgan fingerprint density at radius 1 is 1.33 bits per heavy atom. The highest BCUT2D eigenvalue weighted by Gasteiger charge is 2.18. The first kappa shape index (κ1) is 14.6. The van der Waals surface area contributed by atoms with Gasteiger partial charge in [0.2, 0.25) is 0 Å². The van der Waals surface area contributed by atoms with Crippen molar-refractivity contribution in [3.05, 3.63) is 41.7 Å². The molecular weight excluding hydrogens is 284 g/mol. The molecule has 0 saturated heterocycles. The van der Waals surface area contributed by atoms with E-state index in [9.17, 15) is 5.11 Å². The Morgan fingerprint density at radius 2 is 2.14 bits per heavy atom. The third-order valence-corrected chi connectivity index (χ3v) is 4.93. The molecule has 1 N–H and O–H groups in total. The summed E-state index contributed by atoms with van der Waals surface area (Å²) in [5, 5.41) is 18.9. The van der Waals surface area contributed by atoms with Crippen molar-refractivity contribution in [3.63, 3.8) is 0 Å². The number of nitrogens with zero attached hydrogens (tertiary/aromatic N) is 4. The molecule has 6 heteroatoms. The molecule has 21 heavy (non-hydrogen) atoms. The van der Waals surface area contributed by atoms with Crippen molar-refractivity contribution in [2.75, 3.05) is 18.8 Å². The Kier molecular flexibility index (Phi) is 4.57. The van der Waals surface area contributed by atoms with Crippen molar-refractivity contribution in [1.29, 1.82) is 0 Å². The minimum absolute atomic E-state index is 0.350. The van der Waals surface area contributed by atoms with Crippen molar-refractivity contribution in [1.82, 2.24) is 19.7 Å². The molecule has 5 nitrogen and oxygen atoms in total. The minimum atomic E-state index is -0.350. The van der Waals surface area contributed by atoms with Gasteiger partial charge in [0.15, 0.2) is 5.16 Å². The van der Waals surface area contributed by atoms with Crippen molar-refractivity contribution in [2.24, 2.45) is 7.05 Å². The van der Waals surface area contributed by atoms with Crippen LogP contribution in [0.4, 0.5) is 0 Å². The van der Waals surface area contributed by atoms with Crippen LogP contribution in [0.25, 0.3) is 0 Å². The molecule has 1 aliphatic heterocycles. The van der Waals surface area contributed by atoms with Crippen molar-refractivity contribution < 1.29 is 5.11 Å². The van der Waals surface area contributed by atoms with Crippen LogP contribution < -0.4 is 0 Å². The van der Waals surface area contributed by atoms with E-state index in [4.69, 9.17) is 0 Å². The molecule has 0 spiro atoms. The van der Waals surface area contributed by atoms with Gasteiger partial charge >= 0.3 is 0 Å². The van der Waals surface area contributed by atoms with Gasteiger partial charge in [-0.25, -0.2) is 0 Å². The number of fused-ring (bicyclic) bond motifs is 1. The molecule has 1 aromatic heterocycles. The van der Waals surface area contributed by atoms with Gasteiger partial charge < -0.3 is 9.67 Å². The van der Waals surface area contributed by atoms with E-state index < -0.39 is 0 Å². The molecule has 0 aliphatic carbocycles. The first-order valence-corrected chi connectivity index (χ1v) is 8.15. The Morgan fingerprint density at radius 3 is 2.90 bits per heavy atom. The van der Waals surface area contributed by atoms with Crippen molar-refractivity contribution in [3.8, 4) is 0 Å². The van der Waals surface area contributed by atoms with E-state index in [-0.39, 0.29) is 6.10 Å². The summed E-state index contributed by atoms with van der Waals surface area (Å²) < 4.78 is 1.87. The number of benzene rings is 1. The van der Waals surface area contributed by atoms with E-state index >= 15 is 0 Å². The van der Waals surface area contributed by atoms with E-state index in [1.165, 1.54) is 11.1 Å². The van der Waals surface area contributed by atoms with E-state index in [0.717, 1.165) is 24.7 Å². The van der Waals surface area contributed by atoms with Crippen molar-refractivity contribution in [2.45, 2.75) is 24.2 Å². The number of aliphatic hydroxyl groups is 1. The fraction of sp³-hybridized carbons (Fsp3) is 0.467. The van der Waals surface area contributed by atoms with Gasteiger partial charge in [0, 0.05) is 32.4 Å². The molecule has 0 radical (unpaired) electrons. The van der Waals surface area contributed by atoms with Gasteiger partial charge in [-0.2, -0.15) is 0 Å². The Hall–Kier alpha value is -1.37. The molecule has 0 bridgehead atoms. The maximum absolute atomic E-state index is 10.2. The van der Waals surface area contributed by atoms with Crippen LogP contribution in [0.2, 0.25) is 0 Å². The summed E-state index contributed by atoms with van der Waals surface area (Å²) in [7, 11) is 1.91. The fourth-order valence-corrected chi connectivity index (χ4v) is 3.44. The lowest BCUT2D eigenvalue weighted by Gasteiger charge is -2.30. The van der Waals surface area contributed by atoms with Crippen LogP contribution in [-0.4, -0.2) is 49.7 Å². The van der Waals surface area contributed by atoms with Crippen molar-refractivity contribution >= 4 is 11.8 Å². The second-order valence-electron chi connectivity index (χ2n) is 5.44. The smallest absolute Gasteiger partial charge is 0.190 e. The SMILES string of the molecule is Cn1cnnc1SCC(O)CN1CCc2ccccc2C1. The molecule has 0 amide bonds. The van der Waals surface area contributed by atoms with Gasteiger partial charge in [-0.1, -0.05) is 36.0 Å². The van der Waals surface area contributed by atoms with E-state index in [1.807, 2.05) is 11.6 Å². The van der Waals surface area contributed by atoms with Gasteiger partial charge in [-0.05, 0) is 17.5 Å². The number of β-amino-alcohol motifs (C(OH)–C–C–N with tert-alkyl or cyclic N) is 1. The lowest BCUT2D eigenvalue weighted by Crippen LogP contribution is -2.37. The summed E-state index contributed by atoms with van der Waals surface area (Å²) >= 11 is 1.55. The molecule has 112 valence electrons. The molecule has 1 unspecified atom stereocenters. The number of hydrogen-bond acceptors (Lipinski definition) is 5. The predicted octanol–water partition coefficient (Wildman–Crippen LogP) is 1.33. The molecule has 0 saturated carbocycles. The van der Waals surface area contributed by atoms with E-state index in [2.05, 4.69) is 39.4 Å². The monoisotopic (exact) mass is 304 g/mol. The Labute approximate surface area is 129 Å². The van der Waals surface area contributed by atoms with Crippen LogP contribution in [0.15, 0.2) is 35.7 Å². The Bertz CT molecular complexity index is 601. The highest BCUT2D eigenvalue weighted by atomic mass is 32.2. The van der Waals surface area contributed by atoms with Crippen LogP contribution in [-0.2, 0) is 20.0 Å². The number of hydrogen-bond donors (Lipinski definition) is 1. The molecule has 3 rings (SSSR count). The highest BCUT2D eigenvalue weighted by molar-refractivity contribution is 7.99. The standard InChI is InChI=1S/C15H20N4OS/c1-18-11-16-17-15(18)21-10-14(20)9-19-7-6-12-4-2-3-5-13(12)8-19/h2-5,11,14,20H,6-10H2,1H3. The third-order valence-electron chi connectivity index (χ3n) is 3.75. The normalized spacial score (nSPS) is 16.7. The lowest BCUT2D eigenvalue weighted by atomic mass is 10.00. The average Bonchev–Trinajstić information content (AvgIpc) is 2.90. The molecule has 1 aromatic carbocycles. The van der Waals surface area contributed by atoms with Crippen LogP contribution in [0, 0.1) is 0 Å². The first-order chi connectivity index (χ1) is 10.2. The summed E-state index contributed by atoms with van der Waals surface area (Å²) in [6, 6.07) is 8.57. The van der Waals surface area contributed by atoms with Gasteiger partial charge in [-0.15, -0.1) is 10.2 Å². The Balaban J connectivity index is 1.50. The third kappa shape index (κ3) is 3.64. The predicted molar refractivity (Wildman–Crippen MR) is 83.2 cm³/mol. The summed E-state index contributed by atoms with van der Waals surface area (Å²) in [4.78, 5) is 2.32. The first-order valence-electron chi connectivity index (χ1n) is 7.16. The summed E-state index contributed by atoms with van der Waals surface area (Å²) in [5.41, 5.74) is 2.83. The summed E-state index contributed by atoms with van der Waals surface area (Å²) in [6.07, 6.45) is 2.40. The number of thioether (sulfide) groups is 1. The summed E-state index contributed by atoms with van der Waals surface area (Å²) in [5.74, 6) is 0.644. The minimum Gasteiger partial charge on any atom is -0.391 e. The van der Waals surface area contributed by atoms with Crippen LogP contribution >= 0.6 is 11.8 Å². The van der Waals surface area contributed by atoms with E-state index in [1.54, 1.807) is 18.1 Å². The highest BCUT2D eigenvalue weighted by Crippen LogP contribution is 2.20. The number of aryl methyl sites for hydroxylation is 1.